The minimum atomic E-state index is -0.666. The molecule has 0 aromatic carbocycles. The van der Waals surface area contributed by atoms with E-state index in [9.17, 15) is 15.0 Å². The van der Waals surface area contributed by atoms with Crippen molar-refractivity contribution in [1.82, 2.24) is 5.32 Å². The van der Waals surface area contributed by atoms with Crippen molar-refractivity contribution in [3.05, 3.63) is 72.9 Å². The zero-order chi connectivity index (χ0) is 44.2. The Kier molecular flexibility index (Phi) is 50.3. The Morgan fingerprint density at radius 2 is 0.721 bits per heavy atom. The summed E-state index contributed by atoms with van der Waals surface area (Å²) in [7, 11) is 0. The monoisotopic (exact) mass is 850 g/mol. The van der Waals surface area contributed by atoms with Crippen LogP contribution in [0.25, 0.3) is 0 Å². The minimum absolute atomic E-state index is 0.0365. The van der Waals surface area contributed by atoms with Gasteiger partial charge in [0.1, 0.15) is 0 Å². The van der Waals surface area contributed by atoms with E-state index in [1.54, 1.807) is 0 Å². The van der Waals surface area contributed by atoms with Gasteiger partial charge in [-0.05, 0) is 64.2 Å². The number of hydrogen-bond donors (Lipinski definition) is 3. The Bertz CT molecular complexity index is 1050. The van der Waals surface area contributed by atoms with Gasteiger partial charge in [0.15, 0.2) is 0 Å². The third-order valence-electron chi connectivity index (χ3n) is 12.0. The van der Waals surface area contributed by atoms with Crippen LogP contribution in [0.15, 0.2) is 72.9 Å². The Hall–Kier alpha value is -2.17. The molecule has 0 saturated heterocycles. The molecule has 354 valence electrons. The van der Waals surface area contributed by atoms with Gasteiger partial charge in [0.2, 0.25) is 5.91 Å². The number of aliphatic hydroxyl groups is 2. The molecule has 0 aromatic rings. The van der Waals surface area contributed by atoms with Crippen LogP contribution < -0.4 is 5.32 Å². The topological polar surface area (TPSA) is 69.6 Å². The Morgan fingerprint density at radius 3 is 1.08 bits per heavy atom. The van der Waals surface area contributed by atoms with Gasteiger partial charge in [-0.15, -0.1) is 0 Å². The minimum Gasteiger partial charge on any atom is -0.394 e. The van der Waals surface area contributed by atoms with E-state index in [0.717, 1.165) is 64.2 Å². The normalized spacial score (nSPS) is 13.4. The number of nitrogens with one attached hydrogen (secondary N) is 1. The van der Waals surface area contributed by atoms with Crippen molar-refractivity contribution in [3.8, 4) is 0 Å². The molecule has 3 N–H and O–H groups in total. The van der Waals surface area contributed by atoms with E-state index in [0.29, 0.717) is 12.8 Å². The third-order valence-corrected chi connectivity index (χ3v) is 12.0. The van der Waals surface area contributed by atoms with E-state index < -0.39 is 12.1 Å². The van der Waals surface area contributed by atoms with Crippen LogP contribution in [0.1, 0.15) is 264 Å². The fourth-order valence-corrected chi connectivity index (χ4v) is 7.95. The molecule has 2 atom stereocenters. The molecule has 0 aliphatic carbocycles. The average Bonchev–Trinajstić information content (AvgIpc) is 3.26. The lowest BCUT2D eigenvalue weighted by atomic mass is 10.0. The van der Waals surface area contributed by atoms with Gasteiger partial charge in [-0.2, -0.15) is 0 Å². The fraction of sp³-hybridized carbons (Fsp3) is 0.772. The summed E-state index contributed by atoms with van der Waals surface area (Å²) in [5, 5.41) is 23.3. The maximum atomic E-state index is 12.5. The third kappa shape index (κ3) is 48.7. The van der Waals surface area contributed by atoms with Crippen molar-refractivity contribution in [1.29, 1.82) is 0 Å². The predicted octanol–water partition coefficient (Wildman–Crippen LogP) is 17.4. The first-order chi connectivity index (χ1) is 30.2. The summed E-state index contributed by atoms with van der Waals surface area (Å²) in [6.45, 7) is 4.26. The first-order valence-corrected chi connectivity index (χ1v) is 26.6. The van der Waals surface area contributed by atoms with Gasteiger partial charge in [-0.25, -0.2) is 0 Å². The number of aliphatic hydroxyl groups excluding tert-OH is 2. The van der Waals surface area contributed by atoms with Crippen molar-refractivity contribution >= 4 is 5.91 Å². The van der Waals surface area contributed by atoms with Gasteiger partial charge in [-0.1, -0.05) is 267 Å². The number of allylic oxidation sites excluding steroid dienone is 12. The van der Waals surface area contributed by atoms with Crippen LogP contribution in [0.3, 0.4) is 0 Å². The van der Waals surface area contributed by atoms with E-state index in [2.05, 4.69) is 92.1 Å². The summed E-state index contributed by atoms with van der Waals surface area (Å²) in [4.78, 5) is 12.5. The lowest BCUT2D eigenvalue weighted by Crippen LogP contribution is -2.45. The predicted molar refractivity (Wildman–Crippen MR) is 271 cm³/mol. The van der Waals surface area contributed by atoms with Crippen LogP contribution in [0.5, 0.6) is 0 Å². The highest BCUT2D eigenvalue weighted by Crippen LogP contribution is 2.17. The zero-order valence-electron chi connectivity index (χ0n) is 40.7. The zero-order valence-corrected chi connectivity index (χ0v) is 40.7. The van der Waals surface area contributed by atoms with Crippen molar-refractivity contribution in [2.24, 2.45) is 0 Å². The molecule has 0 aliphatic rings. The highest BCUT2D eigenvalue weighted by atomic mass is 16.3. The summed E-state index contributed by atoms with van der Waals surface area (Å²) in [5.41, 5.74) is 0. The van der Waals surface area contributed by atoms with Crippen molar-refractivity contribution in [3.63, 3.8) is 0 Å². The molecule has 0 spiro atoms. The molecule has 4 nitrogen and oxygen atoms in total. The number of rotatable bonds is 48. The number of amides is 1. The standard InChI is InChI=1S/C57H103NO3/c1-3-5-7-9-11-13-15-17-19-21-23-25-26-27-28-29-30-31-32-33-35-37-39-41-43-45-47-49-51-53-57(61)58-55(54-59)56(60)52-50-48-46-44-42-40-38-36-34-24-22-20-18-16-14-12-10-8-6-4-2/h5,7,11,13,17,19,23,25,27-28,30-31,55-56,59-60H,3-4,6,8-10,12,14-16,18,20-22,24,26,29,32-54H2,1-2H3,(H,58,61)/b7-5-,13-11-,19-17-,25-23-,28-27-,31-30-. The van der Waals surface area contributed by atoms with Crippen LogP contribution in [-0.2, 0) is 4.79 Å². The van der Waals surface area contributed by atoms with Gasteiger partial charge in [0.05, 0.1) is 18.8 Å². The molecule has 0 radical (unpaired) electrons. The molecular formula is C57H103NO3. The first-order valence-electron chi connectivity index (χ1n) is 26.6. The highest BCUT2D eigenvalue weighted by molar-refractivity contribution is 5.76. The average molecular weight is 850 g/mol. The van der Waals surface area contributed by atoms with E-state index in [4.69, 9.17) is 0 Å². The molecule has 61 heavy (non-hydrogen) atoms. The summed E-state index contributed by atoms with van der Waals surface area (Å²) in [5.74, 6) is -0.0365. The van der Waals surface area contributed by atoms with Crippen LogP contribution in [0.2, 0.25) is 0 Å². The Morgan fingerprint density at radius 1 is 0.410 bits per heavy atom. The second-order valence-corrected chi connectivity index (χ2v) is 17.9. The quantitative estimate of drug-likeness (QED) is 0.0422. The van der Waals surface area contributed by atoms with Crippen LogP contribution in [0.4, 0.5) is 0 Å². The second-order valence-electron chi connectivity index (χ2n) is 17.9. The maximum Gasteiger partial charge on any atom is 0.220 e. The van der Waals surface area contributed by atoms with Gasteiger partial charge in [0.25, 0.3) is 0 Å². The van der Waals surface area contributed by atoms with Crippen molar-refractivity contribution in [2.75, 3.05) is 6.61 Å². The van der Waals surface area contributed by atoms with Gasteiger partial charge in [-0.3, -0.25) is 4.79 Å². The molecule has 0 saturated carbocycles. The molecule has 0 heterocycles. The molecule has 4 heteroatoms. The Balaban J connectivity index is 3.53. The summed E-state index contributed by atoms with van der Waals surface area (Å²) < 4.78 is 0. The van der Waals surface area contributed by atoms with Crippen LogP contribution >= 0.6 is 0 Å². The summed E-state index contributed by atoms with van der Waals surface area (Å²) in [6.07, 6.45) is 74.4. The molecule has 0 rings (SSSR count). The summed E-state index contributed by atoms with van der Waals surface area (Å²) in [6, 6.07) is -0.543. The van der Waals surface area contributed by atoms with Gasteiger partial charge >= 0.3 is 0 Å². The van der Waals surface area contributed by atoms with E-state index in [1.165, 1.54) is 173 Å². The first kappa shape index (κ1) is 58.8. The lowest BCUT2D eigenvalue weighted by molar-refractivity contribution is -0.123. The number of hydrogen-bond acceptors (Lipinski definition) is 3. The summed E-state index contributed by atoms with van der Waals surface area (Å²) >= 11 is 0. The largest absolute Gasteiger partial charge is 0.394 e. The van der Waals surface area contributed by atoms with Crippen molar-refractivity contribution < 1.29 is 15.0 Å². The molecular weight excluding hydrogens is 747 g/mol. The Labute approximate surface area is 380 Å². The van der Waals surface area contributed by atoms with E-state index in [-0.39, 0.29) is 12.5 Å². The molecule has 0 fully saturated rings. The number of carbonyl (C=O) groups is 1. The number of carbonyl (C=O) groups excluding carboxylic acids is 1. The molecule has 0 aliphatic heterocycles. The van der Waals surface area contributed by atoms with E-state index in [1.807, 2.05) is 0 Å². The molecule has 2 unspecified atom stereocenters. The fourth-order valence-electron chi connectivity index (χ4n) is 7.95. The SMILES string of the molecule is CC/C=C\C/C=C\C/C=C\C/C=C\C/C=C\C/C=C\CCCCCCCCCCCCC(=O)NC(CO)C(O)CCCCCCCCCCCCCCCCCCCCCC. The van der Waals surface area contributed by atoms with Crippen LogP contribution in [-0.4, -0.2) is 34.9 Å². The maximum absolute atomic E-state index is 12.5. The van der Waals surface area contributed by atoms with E-state index >= 15 is 0 Å². The molecule has 0 bridgehead atoms. The van der Waals surface area contributed by atoms with Crippen molar-refractivity contribution in [2.45, 2.75) is 276 Å². The second kappa shape index (κ2) is 52.2. The lowest BCUT2D eigenvalue weighted by Gasteiger charge is -2.22. The smallest absolute Gasteiger partial charge is 0.220 e. The van der Waals surface area contributed by atoms with Gasteiger partial charge in [0, 0.05) is 6.42 Å². The molecule has 1 amide bonds. The van der Waals surface area contributed by atoms with Crippen LogP contribution in [0, 0.1) is 0 Å². The number of unbranched alkanes of at least 4 members (excludes halogenated alkanes) is 29. The highest BCUT2D eigenvalue weighted by Gasteiger charge is 2.20. The van der Waals surface area contributed by atoms with Gasteiger partial charge < -0.3 is 15.5 Å². The molecule has 0 aromatic heterocycles.